The Kier molecular flexibility index (Phi) is 5.47. The highest BCUT2D eigenvalue weighted by atomic mass is 16.5. The van der Waals surface area contributed by atoms with Crippen LogP contribution in [-0.4, -0.2) is 17.7 Å². The zero-order valence-electron chi connectivity index (χ0n) is 12.2. The molecule has 2 rings (SSSR count). The Labute approximate surface area is 120 Å². The topological polar surface area (TPSA) is 60.2 Å². The molecule has 1 aromatic carbocycles. The molecule has 4 nitrogen and oxygen atoms in total. The van der Waals surface area contributed by atoms with E-state index < -0.39 is 0 Å². The third kappa shape index (κ3) is 3.33. The highest BCUT2D eigenvalue weighted by Gasteiger charge is 2.22. The Hall–Kier alpha value is -1.49. The summed E-state index contributed by atoms with van der Waals surface area (Å²) in [6.45, 7) is 4.86. The van der Waals surface area contributed by atoms with Crippen LogP contribution in [0.5, 0.6) is 0 Å². The van der Waals surface area contributed by atoms with E-state index in [1.807, 2.05) is 19.2 Å². The average Bonchev–Trinajstić information content (AvgIpc) is 2.48. The number of nitrogens with zero attached hydrogens (tertiary/aromatic N) is 1. The van der Waals surface area contributed by atoms with E-state index in [0.717, 1.165) is 29.3 Å². The van der Waals surface area contributed by atoms with Gasteiger partial charge in [-0.2, -0.15) is 0 Å². The van der Waals surface area contributed by atoms with E-state index in [-0.39, 0.29) is 12.1 Å². The first-order valence-electron chi connectivity index (χ1n) is 7.22. The number of nitrogens with one attached hydrogen (secondary N) is 1. The van der Waals surface area contributed by atoms with Crippen LogP contribution in [0.25, 0.3) is 10.9 Å². The summed E-state index contributed by atoms with van der Waals surface area (Å²) >= 11 is 0. The number of benzene rings is 1. The van der Waals surface area contributed by atoms with Crippen molar-refractivity contribution < 1.29 is 4.74 Å². The van der Waals surface area contributed by atoms with E-state index in [9.17, 15) is 0 Å². The number of ether oxygens (including phenoxy) is 1. The fraction of sp³-hybridized carbons (Fsp3) is 0.438. The molecule has 0 amide bonds. The molecule has 108 valence electrons. The highest BCUT2D eigenvalue weighted by Crippen LogP contribution is 2.24. The van der Waals surface area contributed by atoms with Gasteiger partial charge in [0.2, 0.25) is 0 Å². The van der Waals surface area contributed by atoms with Gasteiger partial charge in [0, 0.05) is 18.2 Å². The van der Waals surface area contributed by atoms with E-state index in [2.05, 4.69) is 41.6 Å². The lowest BCUT2D eigenvalue weighted by atomic mass is 9.97. The van der Waals surface area contributed by atoms with Gasteiger partial charge in [0.05, 0.1) is 17.7 Å². The number of fused-ring (bicyclic) bond motifs is 1. The molecule has 0 aliphatic carbocycles. The number of hydrogen-bond donors (Lipinski definition) is 2. The van der Waals surface area contributed by atoms with Gasteiger partial charge in [0.15, 0.2) is 0 Å². The molecule has 0 fully saturated rings. The van der Waals surface area contributed by atoms with Crippen LogP contribution in [0.4, 0.5) is 0 Å². The summed E-state index contributed by atoms with van der Waals surface area (Å²) in [5, 5.41) is 1.13. The van der Waals surface area contributed by atoms with Gasteiger partial charge < -0.3 is 4.74 Å². The smallest absolute Gasteiger partial charge is 0.0782 e. The van der Waals surface area contributed by atoms with Crippen LogP contribution in [0.2, 0.25) is 0 Å². The molecule has 0 aliphatic rings. The van der Waals surface area contributed by atoms with Crippen molar-refractivity contribution >= 4 is 10.9 Å². The molecule has 1 heterocycles. The van der Waals surface area contributed by atoms with Crippen LogP contribution < -0.4 is 11.3 Å². The van der Waals surface area contributed by atoms with Gasteiger partial charge in [-0.15, -0.1) is 0 Å². The Morgan fingerprint density at radius 3 is 2.85 bits per heavy atom. The van der Waals surface area contributed by atoms with Crippen molar-refractivity contribution in [3.05, 3.63) is 42.1 Å². The van der Waals surface area contributed by atoms with Crippen molar-refractivity contribution in [1.29, 1.82) is 0 Å². The lowest BCUT2D eigenvalue weighted by Crippen LogP contribution is -2.38. The quantitative estimate of drug-likeness (QED) is 0.601. The summed E-state index contributed by atoms with van der Waals surface area (Å²) in [5.41, 5.74) is 5.00. The summed E-state index contributed by atoms with van der Waals surface area (Å²) in [5.74, 6) is 5.76. The standard InChI is InChI=1S/C16H23N3O/c1-3-6-15(20-4-2)16(19-17)13-9-8-12-7-5-10-18-14(12)11-13/h5,7-11,15-16,19H,3-4,6,17H2,1-2H3. The molecule has 0 spiro atoms. The summed E-state index contributed by atoms with van der Waals surface area (Å²) in [6, 6.07) is 10.2. The molecule has 0 saturated carbocycles. The molecule has 0 aliphatic heterocycles. The number of pyridine rings is 1. The van der Waals surface area contributed by atoms with Crippen molar-refractivity contribution in [1.82, 2.24) is 10.4 Å². The monoisotopic (exact) mass is 273 g/mol. The van der Waals surface area contributed by atoms with E-state index in [1.165, 1.54) is 0 Å². The van der Waals surface area contributed by atoms with Crippen LogP contribution in [-0.2, 0) is 4.74 Å². The minimum Gasteiger partial charge on any atom is -0.376 e. The zero-order valence-corrected chi connectivity index (χ0v) is 12.2. The summed E-state index contributed by atoms with van der Waals surface area (Å²) in [6.07, 6.45) is 3.93. The average molecular weight is 273 g/mol. The maximum absolute atomic E-state index is 5.84. The van der Waals surface area contributed by atoms with Crippen molar-refractivity contribution in [3.8, 4) is 0 Å². The molecule has 0 bridgehead atoms. The third-order valence-electron chi connectivity index (χ3n) is 3.49. The van der Waals surface area contributed by atoms with Crippen LogP contribution in [0.1, 0.15) is 38.3 Å². The minimum atomic E-state index is -0.0127. The molecule has 0 radical (unpaired) electrons. The number of aromatic nitrogens is 1. The molecule has 4 heteroatoms. The van der Waals surface area contributed by atoms with Crippen LogP contribution in [0.3, 0.4) is 0 Å². The van der Waals surface area contributed by atoms with Crippen molar-refractivity contribution in [2.75, 3.05) is 6.61 Å². The number of hydrogen-bond acceptors (Lipinski definition) is 4. The van der Waals surface area contributed by atoms with Gasteiger partial charge >= 0.3 is 0 Å². The van der Waals surface area contributed by atoms with Crippen molar-refractivity contribution in [2.24, 2.45) is 5.84 Å². The normalized spacial score (nSPS) is 14.3. The molecule has 3 N–H and O–H groups in total. The summed E-state index contributed by atoms with van der Waals surface area (Å²) < 4.78 is 5.84. The lowest BCUT2D eigenvalue weighted by Gasteiger charge is -2.26. The fourth-order valence-corrected chi connectivity index (χ4v) is 2.54. The lowest BCUT2D eigenvalue weighted by molar-refractivity contribution is 0.0276. The first-order valence-corrected chi connectivity index (χ1v) is 7.22. The number of rotatable bonds is 7. The maximum Gasteiger partial charge on any atom is 0.0782 e. The number of nitrogens with two attached hydrogens (primary N) is 1. The summed E-state index contributed by atoms with van der Waals surface area (Å²) in [4.78, 5) is 4.40. The SMILES string of the molecule is CCCC(OCC)C(NN)c1ccc2cccnc2c1. The Morgan fingerprint density at radius 2 is 2.15 bits per heavy atom. The molecular weight excluding hydrogens is 250 g/mol. The van der Waals surface area contributed by atoms with E-state index in [4.69, 9.17) is 10.6 Å². The van der Waals surface area contributed by atoms with Gasteiger partial charge in [-0.25, -0.2) is 0 Å². The Morgan fingerprint density at radius 1 is 1.30 bits per heavy atom. The van der Waals surface area contributed by atoms with Crippen LogP contribution >= 0.6 is 0 Å². The summed E-state index contributed by atoms with van der Waals surface area (Å²) in [7, 11) is 0. The highest BCUT2D eigenvalue weighted by molar-refractivity contribution is 5.79. The Balaban J connectivity index is 2.31. The third-order valence-corrected chi connectivity index (χ3v) is 3.49. The van der Waals surface area contributed by atoms with Gasteiger partial charge in [-0.05, 0) is 31.0 Å². The Bertz CT molecular complexity index is 538. The van der Waals surface area contributed by atoms with Gasteiger partial charge in [-0.3, -0.25) is 16.3 Å². The first-order chi connectivity index (χ1) is 9.80. The largest absolute Gasteiger partial charge is 0.376 e. The van der Waals surface area contributed by atoms with Crippen LogP contribution in [0.15, 0.2) is 36.5 Å². The zero-order chi connectivity index (χ0) is 14.4. The van der Waals surface area contributed by atoms with Crippen molar-refractivity contribution in [3.63, 3.8) is 0 Å². The van der Waals surface area contributed by atoms with Gasteiger partial charge in [0.1, 0.15) is 0 Å². The van der Waals surface area contributed by atoms with E-state index in [1.54, 1.807) is 0 Å². The molecule has 2 aromatic rings. The van der Waals surface area contributed by atoms with Crippen molar-refractivity contribution in [2.45, 2.75) is 38.8 Å². The molecule has 0 saturated heterocycles. The fourth-order valence-electron chi connectivity index (χ4n) is 2.54. The second kappa shape index (κ2) is 7.33. The van der Waals surface area contributed by atoms with E-state index >= 15 is 0 Å². The van der Waals surface area contributed by atoms with Gasteiger partial charge in [0.25, 0.3) is 0 Å². The van der Waals surface area contributed by atoms with E-state index in [0.29, 0.717) is 6.61 Å². The molecule has 2 atom stereocenters. The molecule has 2 unspecified atom stereocenters. The second-order valence-corrected chi connectivity index (χ2v) is 4.88. The predicted molar refractivity (Wildman–Crippen MR) is 82.1 cm³/mol. The molecular formula is C16H23N3O. The minimum absolute atomic E-state index is 0.0127. The maximum atomic E-state index is 5.84. The van der Waals surface area contributed by atoms with Crippen LogP contribution in [0, 0.1) is 0 Å². The second-order valence-electron chi connectivity index (χ2n) is 4.88. The molecule has 1 aromatic heterocycles. The molecule has 20 heavy (non-hydrogen) atoms. The first kappa shape index (κ1) is 14.9. The van der Waals surface area contributed by atoms with Gasteiger partial charge in [-0.1, -0.05) is 31.5 Å². The number of hydrazine groups is 1. The predicted octanol–water partition coefficient (Wildman–Crippen LogP) is 2.94.